The van der Waals surface area contributed by atoms with Crippen molar-refractivity contribution in [3.05, 3.63) is 63.4 Å². The average molecular weight is 413 g/mol. The monoisotopic (exact) mass is 413 g/mol. The highest BCUT2D eigenvalue weighted by Gasteiger charge is 2.21. The molecule has 3 aromatic rings. The molecule has 1 N–H and O–H groups in total. The zero-order valence-electron chi connectivity index (χ0n) is 16.1. The number of nitrogens with zero attached hydrogens (tertiary/aromatic N) is 2. The molecule has 2 aromatic heterocycles. The molecule has 0 bridgehead atoms. The molecule has 0 fully saturated rings. The molecule has 3 rings (SSSR count). The van der Waals surface area contributed by atoms with Gasteiger partial charge in [0.1, 0.15) is 16.3 Å². The van der Waals surface area contributed by atoms with E-state index in [9.17, 15) is 14.4 Å². The van der Waals surface area contributed by atoms with Gasteiger partial charge in [0.25, 0.3) is 11.5 Å². The third-order valence-electron chi connectivity index (χ3n) is 4.01. The number of hydrogen-bond acceptors (Lipinski definition) is 7. The highest BCUT2D eigenvalue weighted by molar-refractivity contribution is 7.18. The van der Waals surface area contributed by atoms with Gasteiger partial charge in [0.15, 0.2) is 0 Å². The number of carbonyl (C=O) groups excluding carboxylic acids is 2. The van der Waals surface area contributed by atoms with Gasteiger partial charge in [-0.15, -0.1) is 11.3 Å². The zero-order chi connectivity index (χ0) is 21.0. The third kappa shape index (κ3) is 4.52. The Bertz CT molecular complexity index is 1100. The lowest BCUT2D eigenvalue weighted by atomic mass is 10.2. The van der Waals surface area contributed by atoms with Crippen molar-refractivity contribution in [2.24, 2.45) is 7.05 Å². The molecule has 0 atom stereocenters. The maximum absolute atomic E-state index is 12.6. The van der Waals surface area contributed by atoms with Crippen molar-refractivity contribution < 1.29 is 19.1 Å². The maximum atomic E-state index is 12.6. The number of rotatable bonds is 6. The van der Waals surface area contributed by atoms with Crippen LogP contribution in [0.3, 0.4) is 0 Å². The molecule has 0 aliphatic carbocycles. The van der Waals surface area contributed by atoms with Crippen LogP contribution >= 0.6 is 11.3 Å². The molecule has 150 valence electrons. The number of hydrogen-bond donors (Lipinski definition) is 1. The van der Waals surface area contributed by atoms with Crippen LogP contribution in [-0.4, -0.2) is 35.4 Å². The number of nitrogens with one attached hydrogen (secondary N) is 1. The van der Waals surface area contributed by atoms with Gasteiger partial charge in [-0.25, -0.2) is 9.48 Å². The van der Waals surface area contributed by atoms with Crippen molar-refractivity contribution >= 4 is 28.9 Å². The van der Waals surface area contributed by atoms with E-state index < -0.39 is 11.9 Å². The number of carbonyl (C=O) groups is 2. The summed E-state index contributed by atoms with van der Waals surface area (Å²) in [6.07, 6.45) is 0. The van der Waals surface area contributed by atoms with E-state index in [-0.39, 0.29) is 22.7 Å². The number of amides is 1. The molecule has 1 aromatic carbocycles. The fourth-order valence-corrected chi connectivity index (χ4v) is 3.55. The van der Waals surface area contributed by atoms with Crippen molar-refractivity contribution in [2.75, 3.05) is 19.0 Å². The Hall–Kier alpha value is -3.46. The Morgan fingerprint density at radius 2 is 1.90 bits per heavy atom. The molecule has 2 heterocycles. The summed E-state index contributed by atoms with van der Waals surface area (Å²) in [6, 6.07) is 11.6. The highest BCUT2D eigenvalue weighted by atomic mass is 32.1. The fourth-order valence-electron chi connectivity index (χ4n) is 2.54. The van der Waals surface area contributed by atoms with Gasteiger partial charge >= 0.3 is 5.97 Å². The first-order valence-electron chi connectivity index (χ1n) is 8.74. The highest BCUT2D eigenvalue weighted by Crippen LogP contribution is 2.36. The minimum atomic E-state index is -0.537. The summed E-state index contributed by atoms with van der Waals surface area (Å²) in [6.45, 7) is 1.92. The van der Waals surface area contributed by atoms with E-state index in [0.29, 0.717) is 11.4 Å². The van der Waals surface area contributed by atoms with E-state index in [0.717, 1.165) is 15.1 Å². The van der Waals surface area contributed by atoms with E-state index in [1.54, 1.807) is 20.1 Å². The molecule has 1 amide bonds. The largest absolute Gasteiger partial charge is 0.497 e. The maximum Gasteiger partial charge on any atom is 0.350 e. The lowest BCUT2D eigenvalue weighted by Gasteiger charge is -2.06. The summed E-state index contributed by atoms with van der Waals surface area (Å²) in [5.74, 6) is -0.351. The summed E-state index contributed by atoms with van der Waals surface area (Å²) in [7, 11) is 3.04. The summed E-state index contributed by atoms with van der Waals surface area (Å²) >= 11 is 1.21. The lowest BCUT2D eigenvalue weighted by molar-refractivity contribution is 0.0533. The van der Waals surface area contributed by atoms with Crippen molar-refractivity contribution in [2.45, 2.75) is 6.92 Å². The number of esters is 1. The summed E-state index contributed by atoms with van der Waals surface area (Å²) in [5.41, 5.74) is 0.909. The van der Waals surface area contributed by atoms with Crippen LogP contribution in [0.4, 0.5) is 5.69 Å². The molecule has 0 spiro atoms. The van der Waals surface area contributed by atoms with E-state index in [1.165, 1.54) is 30.5 Å². The minimum Gasteiger partial charge on any atom is -0.497 e. The van der Waals surface area contributed by atoms with E-state index in [4.69, 9.17) is 9.47 Å². The summed E-state index contributed by atoms with van der Waals surface area (Å²) < 4.78 is 11.3. The van der Waals surface area contributed by atoms with Crippen LogP contribution in [0, 0.1) is 0 Å². The normalized spacial score (nSPS) is 10.4. The SMILES string of the molecule is CCOC(=O)c1sc(-c2ccc(OC)cc2)cc1NC(=O)c1ccc(=O)n(C)n1. The van der Waals surface area contributed by atoms with E-state index >= 15 is 0 Å². The topological polar surface area (TPSA) is 99.5 Å². The van der Waals surface area contributed by atoms with Crippen molar-refractivity contribution in [3.8, 4) is 16.2 Å². The fraction of sp³-hybridized carbons (Fsp3) is 0.200. The number of thiophene rings is 1. The smallest absolute Gasteiger partial charge is 0.350 e. The molecule has 0 aliphatic rings. The number of aromatic nitrogens is 2. The van der Waals surface area contributed by atoms with Gasteiger partial charge in [-0.1, -0.05) is 0 Å². The van der Waals surface area contributed by atoms with Crippen LogP contribution in [0.2, 0.25) is 0 Å². The van der Waals surface area contributed by atoms with E-state index in [2.05, 4.69) is 10.4 Å². The molecule has 0 saturated carbocycles. The molecule has 9 heteroatoms. The van der Waals surface area contributed by atoms with Crippen LogP contribution in [0.25, 0.3) is 10.4 Å². The van der Waals surface area contributed by atoms with Gasteiger partial charge in [-0.2, -0.15) is 5.10 Å². The first kappa shape index (κ1) is 20.3. The molecule has 0 unspecified atom stereocenters. The van der Waals surface area contributed by atoms with Gasteiger partial charge in [0.05, 0.1) is 19.4 Å². The van der Waals surface area contributed by atoms with Gasteiger partial charge in [0, 0.05) is 18.0 Å². The molecule has 29 heavy (non-hydrogen) atoms. The van der Waals surface area contributed by atoms with Crippen molar-refractivity contribution in [1.82, 2.24) is 9.78 Å². The van der Waals surface area contributed by atoms with Gasteiger partial charge in [0.2, 0.25) is 0 Å². The zero-order valence-corrected chi connectivity index (χ0v) is 16.9. The molecular formula is C20H19N3O5S. The van der Waals surface area contributed by atoms with Crippen molar-refractivity contribution in [3.63, 3.8) is 0 Å². The number of benzene rings is 1. The second-order valence-electron chi connectivity index (χ2n) is 5.94. The predicted octanol–water partition coefficient (Wildman–Crippen LogP) is 2.95. The number of aryl methyl sites for hydroxylation is 1. The van der Waals surface area contributed by atoms with Crippen LogP contribution in [0.1, 0.15) is 27.1 Å². The molecule has 0 radical (unpaired) electrons. The van der Waals surface area contributed by atoms with Crippen LogP contribution in [-0.2, 0) is 11.8 Å². The Labute approximate surface area is 170 Å². The van der Waals surface area contributed by atoms with Gasteiger partial charge in [-0.05, 0) is 48.9 Å². The predicted molar refractivity (Wildman–Crippen MR) is 110 cm³/mol. The second kappa shape index (κ2) is 8.70. The van der Waals surface area contributed by atoms with Gasteiger partial charge < -0.3 is 14.8 Å². The Kier molecular flexibility index (Phi) is 6.08. The molecule has 0 aliphatic heterocycles. The molecule has 8 nitrogen and oxygen atoms in total. The average Bonchev–Trinajstić information content (AvgIpc) is 3.14. The first-order valence-corrected chi connectivity index (χ1v) is 9.55. The standard InChI is InChI=1S/C20H19N3O5S/c1-4-28-20(26)18-15(21-19(25)14-9-10-17(24)23(2)22-14)11-16(29-18)12-5-7-13(27-3)8-6-12/h5-11H,4H2,1-3H3,(H,21,25). The van der Waals surface area contributed by atoms with E-state index in [1.807, 2.05) is 24.3 Å². The lowest BCUT2D eigenvalue weighted by Crippen LogP contribution is -2.24. The van der Waals surface area contributed by atoms with Crippen LogP contribution in [0.5, 0.6) is 5.75 Å². The second-order valence-corrected chi connectivity index (χ2v) is 6.99. The Morgan fingerprint density at radius 1 is 1.17 bits per heavy atom. The summed E-state index contributed by atoms with van der Waals surface area (Å²) in [4.78, 5) is 37.5. The van der Waals surface area contributed by atoms with Crippen LogP contribution < -0.4 is 15.6 Å². The number of ether oxygens (including phenoxy) is 2. The summed E-state index contributed by atoms with van der Waals surface area (Å²) in [5, 5.41) is 6.62. The molecular weight excluding hydrogens is 394 g/mol. The third-order valence-corrected chi connectivity index (χ3v) is 5.17. The first-order chi connectivity index (χ1) is 13.9. The number of methoxy groups -OCH3 is 1. The van der Waals surface area contributed by atoms with Crippen LogP contribution in [0.15, 0.2) is 47.3 Å². The van der Waals surface area contributed by atoms with Gasteiger partial charge in [-0.3, -0.25) is 9.59 Å². The minimum absolute atomic E-state index is 0.0547. The Morgan fingerprint density at radius 3 is 2.52 bits per heavy atom. The number of anilines is 1. The quantitative estimate of drug-likeness (QED) is 0.624. The van der Waals surface area contributed by atoms with Crippen molar-refractivity contribution in [1.29, 1.82) is 0 Å². The Balaban J connectivity index is 1.95. The molecule has 0 saturated heterocycles.